The Morgan fingerprint density at radius 3 is 3.17 bits per heavy atom. The number of fused-ring (bicyclic) bond motifs is 1. The van der Waals surface area contributed by atoms with Gasteiger partial charge in [-0.2, -0.15) is 0 Å². The van der Waals surface area contributed by atoms with Crippen molar-refractivity contribution in [2.45, 2.75) is 19.8 Å². The lowest BCUT2D eigenvalue weighted by Gasteiger charge is -2.03. The third-order valence-electron chi connectivity index (χ3n) is 2.19. The summed E-state index contributed by atoms with van der Waals surface area (Å²) in [6, 6.07) is 6.76. The van der Waals surface area contributed by atoms with Gasteiger partial charge in [0.15, 0.2) is 0 Å². The highest BCUT2D eigenvalue weighted by atomic mass is 127. The third kappa shape index (κ3) is 1.47. The molecule has 12 heavy (non-hydrogen) atoms. The molecule has 64 valence electrons. The van der Waals surface area contributed by atoms with Gasteiger partial charge in [0.2, 0.25) is 0 Å². The number of halogens is 1. The molecule has 1 heterocycles. The molecule has 0 spiro atoms. The fourth-order valence-corrected chi connectivity index (χ4v) is 4.61. The number of hydrogen-bond donors (Lipinski definition) is 0. The fraction of sp³-hybridized carbons (Fsp3) is 0.364. The molecule has 1 aliphatic heterocycles. The quantitative estimate of drug-likeness (QED) is 0.544. The van der Waals surface area contributed by atoms with E-state index in [2.05, 4.69) is 31.2 Å². The highest BCUT2D eigenvalue weighted by Crippen LogP contribution is 2.13. The van der Waals surface area contributed by atoms with Gasteiger partial charge >= 0.3 is 0 Å². The molecule has 1 heteroatoms. The SMILES string of the molecule is CCc1cccc2c1=ICCC=2. The van der Waals surface area contributed by atoms with Gasteiger partial charge in [0, 0.05) is 3.15 Å². The van der Waals surface area contributed by atoms with E-state index in [0.29, 0.717) is 20.7 Å². The van der Waals surface area contributed by atoms with Crippen LogP contribution in [0, 0.1) is 3.15 Å². The smallest absolute Gasteiger partial charge is 0.0139 e. The summed E-state index contributed by atoms with van der Waals surface area (Å²) in [6.07, 6.45) is 4.92. The number of aryl methyl sites for hydroxylation is 1. The van der Waals surface area contributed by atoms with Gasteiger partial charge in [0.25, 0.3) is 0 Å². The molecule has 1 aromatic carbocycles. The van der Waals surface area contributed by atoms with Crippen LogP contribution >= 0.6 is 20.7 Å². The van der Waals surface area contributed by atoms with Crippen LogP contribution in [0.15, 0.2) is 18.2 Å². The zero-order valence-corrected chi connectivity index (χ0v) is 9.47. The Morgan fingerprint density at radius 1 is 1.42 bits per heavy atom. The predicted molar refractivity (Wildman–Crippen MR) is 62.3 cm³/mol. The number of rotatable bonds is 1. The van der Waals surface area contributed by atoms with E-state index in [0.717, 1.165) is 0 Å². The number of benzene rings is 1. The summed E-state index contributed by atoms with van der Waals surface area (Å²) in [4.78, 5) is 0. The number of alkyl halides is 1. The van der Waals surface area contributed by atoms with E-state index < -0.39 is 0 Å². The van der Waals surface area contributed by atoms with Crippen LogP contribution in [0.1, 0.15) is 18.9 Å². The Balaban J connectivity index is 2.77. The van der Waals surface area contributed by atoms with E-state index in [1.807, 2.05) is 0 Å². The maximum Gasteiger partial charge on any atom is 0.0139 e. The molecule has 0 unspecified atom stereocenters. The van der Waals surface area contributed by atoms with Crippen molar-refractivity contribution >= 4 is 26.8 Å². The lowest BCUT2D eigenvalue weighted by atomic mass is 10.1. The maximum atomic E-state index is 2.40. The molecular weight excluding hydrogens is 259 g/mol. The normalized spacial score (nSPS) is 15.1. The summed E-state index contributed by atoms with van der Waals surface area (Å²) in [6.45, 7) is 2.26. The monoisotopic (exact) mass is 272 g/mol. The Bertz CT molecular complexity index is 390. The minimum atomic E-state index is 0.336. The molecule has 1 aromatic rings. The second-order valence-electron chi connectivity index (χ2n) is 2.99. The Hall–Kier alpha value is -0.180. The van der Waals surface area contributed by atoms with E-state index in [1.54, 1.807) is 8.72 Å². The first kappa shape index (κ1) is 8.42. The van der Waals surface area contributed by atoms with Crippen LogP contribution in [0.25, 0.3) is 6.08 Å². The summed E-state index contributed by atoms with van der Waals surface area (Å²) in [5.74, 6) is 0. The summed E-state index contributed by atoms with van der Waals surface area (Å²) in [5, 5.41) is 1.54. The standard InChI is InChI=1S/C11H13I/c1-2-9-5-3-6-10-7-4-8-12-11(9)10/h3,5-7H,2,4,8H2,1H3. The largest absolute Gasteiger partial charge is 0.113 e. The molecule has 0 fully saturated rings. The second kappa shape index (κ2) is 3.69. The maximum absolute atomic E-state index is 2.40. The first-order chi connectivity index (χ1) is 5.92. The Kier molecular flexibility index (Phi) is 2.59. The van der Waals surface area contributed by atoms with Gasteiger partial charge in [0.05, 0.1) is 0 Å². The van der Waals surface area contributed by atoms with E-state index in [-0.39, 0.29) is 0 Å². The Labute approximate surface area is 83.1 Å². The van der Waals surface area contributed by atoms with Gasteiger partial charge in [-0.1, -0.05) is 31.2 Å². The molecule has 0 saturated heterocycles. The summed E-state index contributed by atoms with van der Waals surface area (Å²) >= 11 is 0.336. The van der Waals surface area contributed by atoms with Crippen molar-refractivity contribution in [2.24, 2.45) is 0 Å². The summed E-state index contributed by atoms with van der Waals surface area (Å²) < 4.78 is 3.16. The molecule has 0 aliphatic carbocycles. The average Bonchev–Trinajstić information content (AvgIpc) is 2.17. The topological polar surface area (TPSA) is 0 Å². The lowest BCUT2D eigenvalue weighted by molar-refractivity contribution is 1.13. The molecule has 0 amide bonds. The van der Waals surface area contributed by atoms with Crippen LogP contribution in [0.4, 0.5) is 0 Å². The van der Waals surface area contributed by atoms with Crippen LogP contribution in [0.2, 0.25) is 0 Å². The lowest BCUT2D eigenvalue weighted by Crippen LogP contribution is -2.06. The van der Waals surface area contributed by atoms with Crippen LogP contribution in [-0.4, -0.2) is 4.43 Å². The van der Waals surface area contributed by atoms with Crippen LogP contribution in [0.3, 0.4) is 0 Å². The fourth-order valence-electron chi connectivity index (χ4n) is 1.55. The van der Waals surface area contributed by atoms with Crippen LogP contribution in [-0.2, 0) is 6.42 Å². The minimum Gasteiger partial charge on any atom is -0.113 e. The van der Waals surface area contributed by atoms with Gasteiger partial charge in [0.1, 0.15) is 0 Å². The second-order valence-corrected chi connectivity index (χ2v) is 5.91. The molecule has 0 aromatic heterocycles. The van der Waals surface area contributed by atoms with Crippen LogP contribution < -0.4 is 5.22 Å². The van der Waals surface area contributed by atoms with E-state index in [4.69, 9.17) is 0 Å². The third-order valence-corrected chi connectivity index (χ3v) is 5.43. The molecule has 0 N–H and O–H groups in total. The summed E-state index contributed by atoms with van der Waals surface area (Å²) in [7, 11) is 0. The van der Waals surface area contributed by atoms with Gasteiger partial charge in [-0.3, -0.25) is 0 Å². The van der Waals surface area contributed by atoms with Gasteiger partial charge in [-0.05, 0) is 28.1 Å². The molecule has 0 saturated carbocycles. The van der Waals surface area contributed by atoms with E-state index >= 15 is 0 Å². The van der Waals surface area contributed by atoms with Crippen molar-refractivity contribution in [3.63, 3.8) is 0 Å². The van der Waals surface area contributed by atoms with Crippen molar-refractivity contribution < 1.29 is 0 Å². The van der Waals surface area contributed by atoms with Crippen molar-refractivity contribution in [3.05, 3.63) is 32.1 Å². The van der Waals surface area contributed by atoms with Gasteiger partial charge < -0.3 is 0 Å². The minimum absolute atomic E-state index is 0.336. The van der Waals surface area contributed by atoms with E-state index in [9.17, 15) is 0 Å². The molecule has 2 rings (SSSR count). The molecule has 0 nitrogen and oxygen atoms in total. The summed E-state index contributed by atoms with van der Waals surface area (Å²) in [5.41, 5.74) is 1.59. The average molecular weight is 272 g/mol. The zero-order chi connectivity index (χ0) is 8.39. The molecular formula is C11H13I. The predicted octanol–water partition coefficient (Wildman–Crippen LogP) is 2.65. The zero-order valence-electron chi connectivity index (χ0n) is 7.31. The van der Waals surface area contributed by atoms with Crippen molar-refractivity contribution in [1.29, 1.82) is 0 Å². The number of hydrogen-bond acceptors (Lipinski definition) is 0. The van der Waals surface area contributed by atoms with Crippen molar-refractivity contribution in [1.82, 2.24) is 0 Å². The van der Waals surface area contributed by atoms with Gasteiger partial charge in [-0.25, -0.2) is 0 Å². The molecule has 0 radical (unpaired) electrons. The highest BCUT2D eigenvalue weighted by molar-refractivity contribution is 14.2. The van der Waals surface area contributed by atoms with Crippen LogP contribution in [0.5, 0.6) is 0 Å². The van der Waals surface area contributed by atoms with Crippen molar-refractivity contribution in [2.75, 3.05) is 4.43 Å². The molecule has 0 bridgehead atoms. The highest BCUT2D eigenvalue weighted by Gasteiger charge is 1.97. The van der Waals surface area contributed by atoms with E-state index in [1.165, 1.54) is 22.5 Å². The molecule has 1 aliphatic rings. The van der Waals surface area contributed by atoms with Gasteiger partial charge in [-0.15, -0.1) is 20.7 Å². The first-order valence-corrected chi connectivity index (χ1v) is 7.06. The molecule has 0 atom stereocenters. The van der Waals surface area contributed by atoms with Crippen molar-refractivity contribution in [3.8, 4) is 0 Å². The Morgan fingerprint density at radius 2 is 2.33 bits per heavy atom. The first-order valence-electron chi connectivity index (χ1n) is 4.46.